The topological polar surface area (TPSA) is 28.7 Å². The zero-order valence-corrected chi connectivity index (χ0v) is 10.8. The van der Waals surface area contributed by atoms with Crippen LogP contribution in [0.3, 0.4) is 0 Å². The van der Waals surface area contributed by atoms with E-state index < -0.39 is 11.7 Å². The molecule has 2 nitrogen and oxygen atoms in total. The van der Waals surface area contributed by atoms with Crippen molar-refractivity contribution in [3.8, 4) is 11.4 Å². The van der Waals surface area contributed by atoms with E-state index in [2.05, 4.69) is 9.97 Å². The molecule has 0 aliphatic rings. The maximum absolute atomic E-state index is 12.5. The third-order valence-corrected chi connectivity index (χ3v) is 3.25. The first-order valence-electron chi connectivity index (χ1n) is 5.77. The van der Waals surface area contributed by atoms with E-state index in [0.717, 1.165) is 17.6 Å². The zero-order chi connectivity index (χ0) is 14.3. The standard InChI is InChI=1S/C14H8ClF3N2/c15-10-2-1-3-11-12(10)20-13(19-11)8-4-6-9(7-5-8)14(16,17)18/h1-7H,(H,19,20). The Morgan fingerprint density at radius 1 is 1.00 bits per heavy atom. The van der Waals surface area contributed by atoms with Crippen molar-refractivity contribution in [2.45, 2.75) is 6.18 Å². The van der Waals surface area contributed by atoms with E-state index in [0.29, 0.717) is 21.9 Å². The number of rotatable bonds is 1. The van der Waals surface area contributed by atoms with Crippen LogP contribution in [0.4, 0.5) is 13.2 Å². The molecule has 6 heteroatoms. The van der Waals surface area contributed by atoms with Crippen LogP contribution in [0.2, 0.25) is 5.02 Å². The predicted octanol–water partition coefficient (Wildman–Crippen LogP) is 4.90. The van der Waals surface area contributed by atoms with Crippen molar-refractivity contribution in [2.75, 3.05) is 0 Å². The summed E-state index contributed by atoms with van der Waals surface area (Å²) >= 11 is 6.01. The molecule has 0 saturated carbocycles. The van der Waals surface area contributed by atoms with Gasteiger partial charge in [0.05, 0.1) is 16.1 Å². The minimum absolute atomic E-state index is 0.488. The average Bonchev–Trinajstić information content (AvgIpc) is 2.83. The largest absolute Gasteiger partial charge is 0.416 e. The van der Waals surface area contributed by atoms with Crippen LogP contribution >= 0.6 is 11.6 Å². The van der Waals surface area contributed by atoms with Gasteiger partial charge in [-0.05, 0) is 24.3 Å². The molecule has 0 bridgehead atoms. The van der Waals surface area contributed by atoms with Crippen molar-refractivity contribution in [3.63, 3.8) is 0 Å². The van der Waals surface area contributed by atoms with Crippen LogP contribution in [0.15, 0.2) is 42.5 Å². The molecule has 0 unspecified atom stereocenters. The second-order valence-electron chi connectivity index (χ2n) is 4.30. The van der Waals surface area contributed by atoms with Gasteiger partial charge in [0.25, 0.3) is 0 Å². The summed E-state index contributed by atoms with van der Waals surface area (Å²) < 4.78 is 37.5. The first-order valence-corrected chi connectivity index (χ1v) is 6.15. The molecule has 0 aliphatic heterocycles. The van der Waals surface area contributed by atoms with E-state index in [-0.39, 0.29) is 0 Å². The number of alkyl halides is 3. The van der Waals surface area contributed by atoms with Gasteiger partial charge in [0.2, 0.25) is 0 Å². The molecule has 1 heterocycles. The highest BCUT2D eigenvalue weighted by Crippen LogP contribution is 2.31. The second-order valence-corrected chi connectivity index (χ2v) is 4.70. The summed E-state index contributed by atoms with van der Waals surface area (Å²) in [5, 5.41) is 0.497. The molecule has 0 amide bonds. The monoisotopic (exact) mass is 296 g/mol. The number of fused-ring (bicyclic) bond motifs is 1. The predicted molar refractivity (Wildman–Crippen MR) is 71.5 cm³/mol. The number of halogens is 4. The molecule has 0 saturated heterocycles. The minimum Gasteiger partial charge on any atom is -0.338 e. The molecule has 102 valence electrons. The van der Waals surface area contributed by atoms with E-state index in [9.17, 15) is 13.2 Å². The molecule has 1 N–H and O–H groups in total. The van der Waals surface area contributed by atoms with E-state index in [1.165, 1.54) is 12.1 Å². The summed E-state index contributed by atoms with van der Waals surface area (Å²) in [7, 11) is 0. The first-order chi connectivity index (χ1) is 9.45. The normalized spacial score (nSPS) is 12.0. The Morgan fingerprint density at radius 3 is 2.30 bits per heavy atom. The quantitative estimate of drug-likeness (QED) is 0.679. The highest BCUT2D eigenvalue weighted by Gasteiger charge is 2.30. The summed E-state index contributed by atoms with van der Waals surface area (Å²) in [5.41, 5.74) is 1.23. The SMILES string of the molecule is FC(F)(F)c1ccc(-c2nc3c(Cl)cccc3[nH]2)cc1. The van der Waals surface area contributed by atoms with E-state index in [4.69, 9.17) is 11.6 Å². The smallest absolute Gasteiger partial charge is 0.338 e. The molecule has 3 aromatic rings. The number of nitrogens with zero attached hydrogens (tertiary/aromatic N) is 1. The van der Waals surface area contributed by atoms with Crippen LogP contribution in [-0.2, 0) is 6.18 Å². The molecule has 20 heavy (non-hydrogen) atoms. The average molecular weight is 297 g/mol. The van der Waals surface area contributed by atoms with Gasteiger partial charge in [0.15, 0.2) is 0 Å². The van der Waals surface area contributed by atoms with Gasteiger partial charge in [-0.2, -0.15) is 13.2 Å². The lowest BCUT2D eigenvalue weighted by Crippen LogP contribution is -2.04. The molecule has 3 rings (SSSR count). The number of aromatic nitrogens is 2. The van der Waals surface area contributed by atoms with Crippen molar-refractivity contribution < 1.29 is 13.2 Å². The maximum Gasteiger partial charge on any atom is 0.416 e. The highest BCUT2D eigenvalue weighted by molar-refractivity contribution is 6.34. The van der Waals surface area contributed by atoms with Crippen LogP contribution in [0.1, 0.15) is 5.56 Å². The number of nitrogens with one attached hydrogen (secondary N) is 1. The van der Waals surface area contributed by atoms with E-state index in [1.807, 2.05) is 6.07 Å². The Bertz CT molecular complexity index is 760. The van der Waals surface area contributed by atoms with Crippen molar-refractivity contribution in [3.05, 3.63) is 53.1 Å². The van der Waals surface area contributed by atoms with E-state index in [1.54, 1.807) is 12.1 Å². The molecule has 0 radical (unpaired) electrons. The summed E-state index contributed by atoms with van der Waals surface area (Å²) in [4.78, 5) is 7.34. The van der Waals surface area contributed by atoms with Gasteiger partial charge < -0.3 is 4.98 Å². The molecular weight excluding hydrogens is 289 g/mol. The highest BCUT2D eigenvalue weighted by atomic mass is 35.5. The zero-order valence-electron chi connectivity index (χ0n) is 10.0. The summed E-state index contributed by atoms with van der Waals surface area (Å²) in [6, 6.07) is 10.1. The number of para-hydroxylation sites is 1. The fourth-order valence-corrected chi connectivity index (χ4v) is 2.17. The van der Waals surface area contributed by atoms with Crippen molar-refractivity contribution >= 4 is 22.6 Å². The Labute approximate surface area is 117 Å². The minimum atomic E-state index is -4.34. The van der Waals surface area contributed by atoms with E-state index >= 15 is 0 Å². The fourth-order valence-electron chi connectivity index (χ4n) is 1.95. The lowest BCUT2D eigenvalue weighted by molar-refractivity contribution is -0.137. The number of hydrogen-bond acceptors (Lipinski definition) is 1. The van der Waals surface area contributed by atoms with Crippen molar-refractivity contribution in [1.29, 1.82) is 0 Å². The van der Waals surface area contributed by atoms with Crippen LogP contribution < -0.4 is 0 Å². The molecule has 0 spiro atoms. The lowest BCUT2D eigenvalue weighted by Gasteiger charge is -2.06. The van der Waals surface area contributed by atoms with Crippen molar-refractivity contribution in [1.82, 2.24) is 9.97 Å². The van der Waals surface area contributed by atoms with Gasteiger partial charge in [0.1, 0.15) is 11.3 Å². The van der Waals surface area contributed by atoms with Crippen LogP contribution in [0, 0.1) is 0 Å². The third-order valence-electron chi connectivity index (χ3n) is 2.95. The fraction of sp³-hybridized carbons (Fsp3) is 0.0714. The van der Waals surface area contributed by atoms with Gasteiger partial charge >= 0.3 is 6.18 Å². The Hall–Kier alpha value is -2.01. The van der Waals surface area contributed by atoms with Gasteiger partial charge in [0, 0.05) is 5.56 Å². The van der Waals surface area contributed by atoms with Crippen LogP contribution in [0.5, 0.6) is 0 Å². The second kappa shape index (κ2) is 4.52. The molecular formula is C14H8ClF3N2. The van der Waals surface area contributed by atoms with Crippen LogP contribution in [0.25, 0.3) is 22.4 Å². The molecule has 0 fully saturated rings. The van der Waals surface area contributed by atoms with Gasteiger partial charge in [-0.3, -0.25) is 0 Å². The van der Waals surface area contributed by atoms with Gasteiger partial charge in [-0.25, -0.2) is 4.98 Å². The number of H-pyrrole nitrogens is 1. The molecule has 0 atom stereocenters. The molecule has 2 aromatic carbocycles. The molecule has 1 aromatic heterocycles. The third kappa shape index (κ3) is 2.25. The Balaban J connectivity index is 2.05. The lowest BCUT2D eigenvalue weighted by atomic mass is 10.1. The van der Waals surface area contributed by atoms with Crippen LogP contribution in [-0.4, -0.2) is 9.97 Å². The summed E-state index contributed by atoms with van der Waals surface area (Å²) in [6.45, 7) is 0. The van der Waals surface area contributed by atoms with Gasteiger partial charge in [-0.15, -0.1) is 0 Å². The number of benzene rings is 2. The number of hydrogen-bond donors (Lipinski definition) is 1. The van der Waals surface area contributed by atoms with Crippen molar-refractivity contribution in [2.24, 2.45) is 0 Å². The maximum atomic E-state index is 12.5. The Kier molecular flexibility index (Phi) is 2.94. The number of aromatic amines is 1. The van der Waals surface area contributed by atoms with Gasteiger partial charge in [-0.1, -0.05) is 29.8 Å². The number of imidazole rings is 1. The Morgan fingerprint density at radius 2 is 1.70 bits per heavy atom. The first kappa shape index (κ1) is 13.0. The molecule has 0 aliphatic carbocycles. The summed E-state index contributed by atoms with van der Waals surface area (Å²) in [5.74, 6) is 0.488. The summed E-state index contributed by atoms with van der Waals surface area (Å²) in [6.07, 6.45) is -4.34.